The van der Waals surface area contributed by atoms with Crippen LogP contribution in [-0.4, -0.2) is 0 Å². The third-order valence-electron chi connectivity index (χ3n) is 6.29. The van der Waals surface area contributed by atoms with Gasteiger partial charge in [0, 0.05) is 0 Å². The minimum atomic E-state index is 1.08. The second kappa shape index (κ2) is 9.11. The monoisotopic (exact) mass is 278 g/mol. The van der Waals surface area contributed by atoms with Gasteiger partial charge >= 0.3 is 0 Å². The third-order valence-corrected chi connectivity index (χ3v) is 6.29. The average Bonchev–Trinajstić information content (AvgIpc) is 2.49. The predicted molar refractivity (Wildman–Crippen MR) is 89.9 cm³/mol. The summed E-state index contributed by atoms with van der Waals surface area (Å²) in [5.74, 6) is 4.39. The largest absolute Gasteiger partial charge is 0.0654 e. The fraction of sp³-hybridized carbons (Fsp3) is 1.00. The molecule has 20 heavy (non-hydrogen) atoms. The Bertz CT molecular complexity index is 234. The molecule has 2 unspecified atom stereocenters. The molecule has 0 aromatic carbocycles. The Morgan fingerprint density at radius 3 is 2.15 bits per heavy atom. The van der Waals surface area contributed by atoms with Crippen LogP contribution in [0.15, 0.2) is 0 Å². The Balaban J connectivity index is 1.67. The van der Waals surface area contributed by atoms with Gasteiger partial charge in [0.25, 0.3) is 0 Å². The summed E-state index contributed by atoms with van der Waals surface area (Å²) in [5, 5.41) is 0. The zero-order chi connectivity index (χ0) is 14.2. The van der Waals surface area contributed by atoms with Crippen LogP contribution in [0, 0.1) is 23.7 Å². The second-order valence-electron chi connectivity index (χ2n) is 7.86. The summed E-state index contributed by atoms with van der Waals surface area (Å²) in [7, 11) is 0. The Kier molecular flexibility index (Phi) is 7.45. The van der Waals surface area contributed by atoms with Crippen LogP contribution in [0.3, 0.4) is 0 Å². The van der Waals surface area contributed by atoms with E-state index in [0.29, 0.717) is 0 Å². The molecule has 0 spiro atoms. The van der Waals surface area contributed by atoms with E-state index in [1.54, 1.807) is 38.5 Å². The van der Waals surface area contributed by atoms with E-state index in [0.717, 1.165) is 23.7 Å². The van der Waals surface area contributed by atoms with Gasteiger partial charge in [-0.2, -0.15) is 0 Å². The van der Waals surface area contributed by atoms with Gasteiger partial charge in [-0.05, 0) is 42.9 Å². The van der Waals surface area contributed by atoms with Gasteiger partial charge in [0.15, 0.2) is 0 Å². The molecular weight excluding hydrogens is 240 g/mol. The molecule has 0 nitrogen and oxygen atoms in total. The maximum Gasteiger partial charge on any atom is -0.0383 e. The molecule has 2 fully saturated rings. The molecule has 0 aliphatic heterocycles. The van der Waals surface area contributed by atoms with E-state index in [9.17, 15) is 0 Å². The molecule has 0 heterocycles. The van der Waals surface area contributed by atoms with Crippen molar-refractivity contribution in [1.29, 1.82) is 0 Å². The van der Waals surface area contributed by atoms with Crippen LogP contribution >= 0.6 is 0 Å². The van der Waals surface area contributed by atoms with Gasteiger partial charge in [0.2, 0.25) is 0 Å². The lowest BCUT2D eigenvalue weighted by Crippen LogP contribution is -2.26. The van der Waals surface area contributed by atoms with Gasteiger partial charge in [-0.15, -0.1) is 0 Å². The minimum Gasteiger partial charge on any atom is -0.0654 e. The van der Waals surface area contributed by atoms with Gasteiger partial charge < -0.3 is 0 Å². The number of hydrogen-bond acceptors (Lipinski definition) is 0. The van der Waals surface area contributed by atoms with Crippen LogP contribution in [0.25, 0.3) is 0 Å². The van der Waals surface area contributed by atoms with Crippen LogP contribution in [0.2, 0.25) is 0 Å². The SMILES string of the molecule is CCCCCC1CCC(C2CCCC(CCC)C2)CC1. The van der Waals surface area contributed by atoms with Gasteiger partial charge in [-0.25, -0.2) is 0 Å². The minimum absolute atomic E-state index is 1.08. The molecule has 2 rings (SSSR count). The Labute approximate surface area is 128 Å². The van der Waals surface area contributed by atoms with E-state index in [-0.39, 0.29) is 0 Å². The summed E-state index contributed by atoms with van der Waals surface area (Å²) in [6, 6.07) is 0. The topological polar surface area (TPSA) is 0 Å². The summed E-state index contributed by atoms with van der Waals surface area (Å²) >= 11 is 0. The molecule has 0 saturated heterocycles. The van der Waals surface area contributed by atoms with Crippen molar-refractivity contribution in [2.45, 2.75) is 104 Å². The van der Waals surface area contributed by atoms with Gasteiger partial charge in [-0.1, -0.05) is 84.5 Å². The fourth-order valence-corrected chi connectivity index (χ4v) is 5.06. The lowest BCUT2D eigenvalue weighted by molar-refractivity contribution is 0.133. The van der Waals surface area contributed by atoms with Crippen LogP contribution in [0.4, 0.5) is 0 Å². The van der Waals surface area contributed by atoms with E-state index < -0.39 is 0 Å². The average molecular weight is 279 g/mol. The Morgan fingerprint density at radius 1 is 0.650 bits per heavy atom. The Hall–Kier alpha value is 0. The zero-order valence-corrected chi connectivity index (χ0v) is 14.2. The molecule has 2 saturated carbocycles. The van der Waals surface area contributed by atoms with Gasteiger partial charge in [0.1, 0.15) is 0 Å². The molecule has 118 valence electrons. The van der Waals surface area contributed by atoms with Crippen molar-refractivity contribution in [2.75, 3.05) is 0 Å². The smallest absolute Gasteiger partial charge is 0.0383 e. The molecule has 0 N–H and O–H groups in total. The van der Waals surface area contributed by atoms with Crippen LogP contribution < -0.4 is 0 Å². The van der Waals surface area contributed by atoms with E-state index in [4.69, 9.17) is 0 Å². The normalized spacial score (nSPS) is 35.1. The lowest BCUT2D eigenvalue weighted by atomic mass is 9.67. The van der Waals surface area contributed by atoms with Crippen molar-refractivity contribution in [3.8, 4) is 0 Å². The molecule has 0 heteroatoms. The van der Waals surface area contributed by atoms with Crippen molar-refractivity contribution < 1.29 is 0 Å². The molecule has 0 aromatic heterocycles. The van der Waals surface area contributed by atoms with Crippen molar-refractivity contribution in [3.63, 3.8) is 0 Å². The lowest BCUT2D eigenvalue weighted by Gasteiger charge is -2.38. The van der Waals surface area contributed by atoms with Gasteiger partial charge in [-0.3, -0.25) is 0 Å². The van der Waals surface area contributed by atoms with Crippen molar-refractivity contribution >= 4 is 0 Å². The maximum absolute atomic E-state index is 2.37. The second-order valence-corrected chi connectivity index (χ2v) is 7.86. The van der Waals surface area contributed by atoms with Crippen molar-refractivity contribution in [3.05, 3.63) is 0 Å². The van der Waals surface area contributed by atoms with Crippen LogP contribution in [0.5, 0.6) is 0 Å². The first kappa shape index (κ1) is 16.4. The Morgan fingerprint density at radius 2 is 1.45 bits per heavy atom. The molecule has 2 aliphatic rings. The molecule has 0 radical (unpaired) electrons. The number of hydrogen-bond donors (Lipinski definition) is 0. The fourth-order valence-electron chi connectivity index (χ4n) is 5.06. The number of unbranched alkanes of at least 4 members (excludes halogenated alkanes) is 2. The quantitative estimate of drug-likeness (QED) is 0.441. The first-order chi connectivity index (χ1) is 9.83. The third kappa shape index (κ3) is 5.08. The molecule has 2 aliphatic carbocycles. The first-order valence-corrected chi connectivity index (χ1v) is 9.83. The summed E-state index contributed by atoms with van der Waals surface area (Å²) in [4.78, 5) is 0. The number of rotatable bonds is 7. The highest BCUT2D eigenvalue weighted by atomic mass is 14.4. The van der Waals surface area contributed by atoms with Crippen LogP contribution in [0.1, 0.15) is 104 Å². The molecule has 2 atom stereocenters. The van der Waals surface area contributed by atoms with Crippen molar-refractivity contribution in [2.24, 2.45) is 23.7 Å². The molecule has 0 bridgehead atoms. The first-order valence-electron chi connectivity index (χ1n) is 9.83. The maximum atomic E-state index is 2.37. The van der Waals surface area contributed by atoms with E-state index in [1.165, 1.54) is 51.4 Å². The van der Waals surface area contributed by atoms with Crippen LogP contribution in [-0.2, 0) is 0 Å². The summed E-state index contributed by atoms with van der Waals surface area (Å²) in [6.07, 6.45) is 21.2. The molecule has 0 amide bonds. The highest BCUT2D eigenvalue weighted by Crippen LogP contribution is 2.43. The van der Waals surface area contributed by atoms with Gasteiger partial charge in [0.05, 0.1) is 0 Å². The standard InChI is InChI=1S/C20H38/c1-3-5-6-9-17-12-14-19(15-13-17)20-11-7-10-18(16-20)8-4-2/h17-20H,3-16H2,1-2H3. The summed E-state index contributed by atoms with van der Waals surface area (Å²) in [5.41, 5.74) is 0. The summed E-state index contributed by atoms with van der Waals surface area (Å²) in [6.45, 7) is 4.69. The highest BCUT2D eigenvalue weighted by molar-refractivity contribution is 4.82. The van der Waals surface area contributed by atoms with E-state index in [2.05, 4.69) is 13.8 Å². The predicted octanol–water partition coefficient (Wildman–Crippen LogP) is 6.98. The van der Waals surface area contributed by atoms with Crippen molar-refractivity contribution in [1.82, 2.24) is 0 Å². The van der Waals surface area contributed by atoms with E-state index in [1.807, 2.05) is 0 Å². The highest BCUT2D eigenvalue weighted by Gasteiger charge is 2.30. The molecular formula is C20H38. The molecule has 0 aromatic rings. The zero-order valence-electron chi connectivity index (χ0n) is 14.2. The van der Waals surface area contributed by atoms with E-state index >= 15 is 0 Å². The summed E-state index contributed by atoms with van der Waals surface area (Å²) < 4.78 is 0.